The standard InChI is InChI=1S/C18H18BrNO3/c1-20(2)14-7-4-12(5-8-14)16(21)9-6-13-10-17(22)18(23-3)11-15(13)19/h4-11,22H,1-3H3/b9-6+. The van der Waals surface area contributed by atoms with Gasteiger partial charge in [0, 0.05) is 29.8 Å². The molecule has 120 valence electrons. The number of allylic oxidation sites excluding steroid dienone is 1. The number of ether oxygens (including phenoxy) is 1. The molecule has 4 nitrogen and oxygen atoms in total. The monoisotopic (exact) mass is 375 g/mol. The maximum Gasteiger partial charge on any atom is 0.185 e. The van der Waals surface area contributed by atoms with E-state index in [1.807, 2.05) is 31.1 Å². The minimum atomic E-state index is -0.0995. The van der Waals surface area contributed by atoms with Crippen molar-refractivity contribution >= 4 is 33.5 Å². The second-order valence-corrected chi connectivity index (χ2v) is 6.04. The molecule has 0 radical (unpaired) electrons. The highest BCUT2D eigenvalue weighted by atomic mass is 79.9. The van der Waals surface area contributed by atoms with E-state index in [1.165, 1.54) is 13.2 Å². The van der Waals surface area contributed by atoms with Gasteiger partial charge >= 0.3 is 0 Å². The van der Waals surface area contributed by atoms with Crippen LogP contribution in [-0.2, 0) is 0 Å². The number of benzene rings is 2. The molecular formula is C18H18BrNO3. The van der Waals surface area contributed by atoms with Gasteiger partial charge in [0.1, 0.15) is 0 Å². The Labute approximate surface area is 144 Å². The summed E-state index contributed by atoms with van der Waals surface area (Å²) >= 11 is 3.39. The van der Waals surface area contributed by atoms with Crippen molar-refractivity contribution in [3.63, 3.8) is 0 Å². The summed E-state index contributed by atoms with van der Waals surface area (Å²) < 4.78 is 5.77. The Balaban J connectivity index is 2.19. The maximum absolute atomic E-state index is 12.2. The Morgan fingerprint density at radius 3 is 2.43 bits per heavy atom. The van der Waals surface area contributed by atoms with E-state index < -0.39 is 0 Å². The first-order valence-corrected chi connectivity index (χ1v) is 7.78. The maximum atomic E-state index is 12.2. The fraction of sp³-hybridized carbons (Fsp3) is 0.167. The predicted molar refractivity (Wildman–Crippen MR) is 96.5 cm³/mol. The summed E-state index contributed by atoms with van der Waals surface area (Å²) in [7, 11) is 5.38. The first-order valence-electron chi connectivity index (χ1n) is 6.98. The third-order valence-corrected chi connectivity index (χ3v) is 4.07. The van der Waals surface area contributed by atoms with Gasteiger partial charge in [-0.05, 0) is 54.1 Å². The molecule has 0 saturated heterocycles. The van der Waals surface area contributed by atoms with Crippen LogP contribution in [0, 0.1) is 0 Å². The number of carbonyl (C=O) groups is 1. The summed E-state index contributed by atoms with van der Waals surface area (Å²) in [6.45, 7) is 0. The highest BCUT2D eigenvalue weighted by Gasteiger charge is 2.07. The SMILES string of the molecule is COc1cc(Br)c(/C=C/C(=O)c2ccc(N(C)C)cc2)cc1O. The first-order chi connectivity index (χ1) is 10.9. The van der Waals surface area contributed by atoms with Crippen LogP contribution in [0.2, 0.25) is 0 Å². The van der Waals surface area contributed by atoms with Crippen molar-refractivity contribution < 1.29 is 14.6 Å². The molecule has 2 rings (SSSR count). The molecule has 0 heterocycles. The normalized spacial score (nSPS) is 10.8. The molecule has 0 fully saturated rings. The molecule has 0 aliphatic carbocycles. The predicted octanol–water partition coefficient (Wildman–Crippen LogP) is 4.13. The largest absolute Gasteiger partial charge is 0.504 e. The van der Waals surface area contributed by atoms with Gasteiger partial charge < -0.3 is 14.7 Å². The fourth-order valence-corrected chi connectivity index (χ4v) is 2.49. The lowest BCUT2D eigenvalue weighted by molar-refractivity contribution is 0.104. The molecule has 0 spiro atoms. The lowest BCUT2D eigenvalue weighted by atomic mass is 10.1. The first kappa shape index (κ1) is 17.1. The number of methoxy groups -OCH3 is 1. The third-order valence-electron chi connectivity index (χ3n) is 3.38. The Hall–Kier alpha value is -2.27. The summed E-state index contributed by atoms with van der Waals surface area (Å²) in [5, 5.41) is 9.81. The molecule has 0 amide bonds. The number of phenols is 1. The van der Waals surface area contributed by atoms with Crippen LogP contribution in [0.5, 0.6) is 11.5 Å². The molecule has 0 aliphatic rings. The van der Waals surface area contributed by atoms with Crippen molar-refractivity contribution in [2.75, 3.05) is 26.1 Å². The Bertz CT molecular complexity index is 737. The molecule has 0 atom stereocenters. The van der Waals surface area contributed by atoms with Gasteiger partial charge in [0.25, 0.3) is 0 Å². The average Bonchev–Trinajstić information content (AvgIpc) is 2.55. The van der Waals surface area contributed by atoms with Crippen LogP contribution in [0.15, 0.2) is 46.9 Å². The highest BCUT2D eigenvalue weighted by Crippen LogP contribution is 2.33. The Kier molecular flexibility index (Phi) is 5.45. The van der Waals surface area contributed by atoms with Gasteiger partial charge in [-0.15, -0.1) is 0 Å². The van der Waals surface area contributed by atoms with Crippen LogP contribution < -0.4 is 9.64 Å². The molecule has 2 aromatic carbocycles. The number of hydrogen-bond acceptors (Lipinski definition) is 4. The minimum Gasteiger partial charge on any atom is -0.504 e. The average molecular weight is 376 g/mol. The smallest absolute Gasteiger partial charge is 0.185 e. The van der Waals surface area contributed by atoms with Crippen LogP contribution in [-0.4, -0.2) is 32.1 Å². The number of nitrogens with zero attached hydrogens (tertiary/aromatic N) is 1. The molecule has 1 N–H and O–H groups in total. The van der Waals surface area contributed by atoms with Gasteiger partial charge in [0.2, 0.25) is 0 Å². The number of hydrogen-bond donors (Lipinski definition) is 1. The van der Waals surface area contributed by atoms with E-state index in [1.54, 1.807) is 30.3 Å². The topological polar surface area (TPSA) is 49.8 Å². The number of ketones is 1. The van der Waals surface area contributed by atoms with Gasteiger partial charge in [0.05, 0.1) is 7.11 Å². The van der Waals surface area contributed by atoms with Gasteiger partial charge in [0.15, 0.2) is 17.3 Å². The van der Waals surface area contributed by atoms with E-state index in [-0.39, 0.29) is 11.5 Å². The lowest BCUT2D eigenvalue weighted by Gasteiger charge is -2.11. The minimum absolute atomic E-state index is 0.0261. The number of carbonyl (C=O) groups excluding carboxylic acids is 1. The van der Waals surface area contributed by atoms with Crippen molar-refractivity contribution in [2.24, 2.45) is 0 Å². The van der Waals surface area contributed by atoms with Crippen molar-refractivity contribution in [2.45, 2.75) is 0 Å². The summed E-state index contributed by atoms with van der Waals surface area (Å²) in [5.41, 5.74) is 2.34. The summed E-state index contributed by atoms with van der Waals surface area (Å²) in [6, 6.07) is 10.6. The number of phenolic OH excluding ortho intramolecular Hbond substituents is 1. The molecule has 0 bridgehead atoms. The third kappa shape index (κ3) is 4.13. The fourth-order valence-electron chi connectivity index (χ4n) is 2.04. The molecule has 5 heteroatoms. The zero-order chi connectivity index (χ0) is 17.0. The molecule has 0 aliphatic heterocycles. The number of halogens is 1. The van der Waals surface area contributed by atoms with Gasteiger partial charge in [-0.3, -0.25) is 4.79 Å². The molecular weight excluding hydrogens is 358 g/mol. The van der Waals surface area contributed by atoms with Crippen molar-refractivity contribution in [3.8, 4) is 11.5 Å². The zero-order valence-corrected chi connectivity index (χ0v) is 14.8. The second kappa shape index (κ2) is 7.33. The van der Waals surface area contributed by atoms with Crippen LogP contribution in [0.25, 0.3) is 6.08 Å². The van der Waals surface area contributed by atoms with Crippen LogP contribution in [0.3, 0.4) is 0 Å². The summed E-state index contributed by atoms with van der Waals surface area (Å²) in [4.78, 5) is 14.2. The summed E-state index contributed by atoms with van der Waals surface area (Å²) in [5.74, 6) is 0.301. The molecule has 23 heavy (non-hydrogen) atoms. The van der Waals surface area contributed by atoms with Gasteiger partial charge in [-0.1, -0.05) is 15.9 Å². The second-order valence-electron chi connectivity index (χ2n) is 5.18. The van der Waals surface area contributed by atoms with Gasteiger partial charge in [-0.2, -0.15) is 0 Å². The molecule has 0 aromatic heterocycles. The van der Waals surface area contributed by atoms with Crippen molar-refractivity contribution in [3.05, 3.63) is 58.1 Å². The zero-order valence-electron chi connectivity index (χ0n) is 13.2. The summed E-state index contributed by atoms with van der Waals surface area (Å²) in [6.07, 6.45) is 3.14. The van der Waals surface area contributed by atoms with E-state index in [9.17, 15) is 9.90 Å². The van der Waals surface area contributed by atoms with E-state index >= 15 is 0 Å². The van der Waals surface area contributed by atoms with Crippen molar-refractivity contribution in [1.82, 2.24) is 0 Å². The highest BCUT2D eigenvalue weighted by molar-refractivity contribution is 9.10. The number of anilines is 1. The quantitative estimate of drug-likeness (QED) is 0.630. The van der Waals surface area contributed by atoms with E-state index in [0.717, 1.165) is 10.2 Å². The van der Waals surface area contributed by atoms with E-state index in [4.69, 9.17) is 4.74 Å². The molecule has 0 saturated carbocycles. The van der Waals surface area contributed by atoms with E-state index in [2.05, 4.69) is 15.9 Å². The van der Waals surface area contributed by atoms with E-state index in [0.29, 0.717) is 16.9 Å². The van der Waals surface area contributed by atoms with Crippen molar-refractivity contribution in [1.29, 1.82) is 0 Å². The lowest BCUT2D eigenvalue weighted by Crippen LogP contribution is -2.08. The van der Waals surface area contributed by atoms with Crippen LogP contribution in [0.4, 0.5) is 5.69 Å². The van der Waals surface area contributed by atoms with Gasteiger partial charge in [-0.25, -0.2) is 0 Å². The van der Waals surface area contributed by atoms with Crippen LogP contribution >= 0.6 is 15.9 Å². The number of aromatic hydroxyl groups is 1. The Morgan fingerprint density at radius 1 is 1.22 bits per heavy atom. The molecule has 0 unspecified atom stereocenters. The number of rotatable bonds is 5. The molecule has 2 aromatic rings. The Morgan fingerprint density at radius 2 is 1.87 bits per heavy atom. The van der Waals surface area contributed by atoms with Crippen LogP contribution in [0.1, 0.15) is 15.9 Å².